The number of nitrogens with zero attached hydrogens (tertiary/aromatic N) is 3. The quantitative estimate of drug-likeness (QED) is 0.477. The minimum absolute atomic E-state index is 0.0382. The average molecular weight is 380 g/mol. The fourth-order valence-corrected chi connectivity index (χ4v) is 4.81. The molecule has 1 amide bonds. The van der Waals surface area contributed by atoms with Gasteiger partial charge in [0.25, 0.3) is 5.91 Å². The van der Waals surface area contributed by atoms with Gasteiger partial charge in [0.05, 0.1) is 15.9 Å². The Morgan fingerprint density at radius 3 is 2.46 bits per heavy atom. The van der Waals surface area contributed by atoms with Gasteiger partial charge in [-0.25, -0.2) is 9.97 Å². The summed E-state index contributed by atoms with van der Waals surface area (Å²) in [4.78, 5) is 24.8. The first-order chi connectivity index (χ1) is 12.7. The molecule has 0 aliphatic rings. The number of hydrogen-bond donors (Lipinski definition) is 0. The van der Waals surface area contributed by atoms with Crippen LogP contribution >= 0.6 is 22.7 Å². The van der Waals surface area contributed by atoms with Crippen molar-refractivity contribution in [3.05, 3.63) is 65.2 Å². The molecule has 4 nitrogen and oxygen atoms in total. The molecule has 0 radical (unpaired) electrons. The summed E-state index contributed by atoms with van der Waals surface area (Å²) < 4.78 is 1.08. The zero-order valence-electron chi connectivity index (χ0n) is 14.5. The normalized spacial score (nSPS) is 11.0. The number of aryl methyl sites for hydroxylation is 1. The Bertz CT molecular complexity index is 1040. The monoisotopic (exact) mass is 379 g/mol. The van der Waals surface area contributed by atoms with E-state index in [2.05, 4.69) is 9.97 Å². The van der Waals surface area contributed by atoms with Crippen molar-refractivity contribution in [3.8, 4) is 10.6 Å². The molecule has 0 bridgehead atoms. The predicted molar refractivity (Wildman–Crippen MR) is 109 cm³/mol. The Balaban J connectivity index is 1.70. The van der Waals surface area contributed by atoms with E-state index in [0.29, 0.717) is 11.4 Å². The van der Waals surface area contributed by atoms with E-state index in [4.69, 9.17) is 0 Å². The van der Waals surface area contributed by atoms with Crippen molar-refractivity contribution in [3.63, 3.8) is 0 Å². The van der Waals surface area contributed by atoms with Crippen molar-refractivity contribution < 1.29 is 4.79 Å². The molecule has 2 aromatic heterocycles. The molecular weight excluding hydrogens is 362 g/mol. The Hall–Kier alpha value is -2.57. The zero-order valence-corrected chi connectivity index (χ0v) is 16.1. The van der Waals surface area contributed by atoms with E-state index in [0.717, 1.165) is 31.6 Å². The van der Waals surface area contributed by atoms with Gasteiger partial charge in [-0.05, 0) is 26.0 Å². The SMILES string of the molecule is CCN(C(=O)c1sc(-c2ccccc2)nc1C)c1nc2ccccc2s1. The number of rotatable bonds is 4. The smallest absolute Gasteiger partial charge is 0.272 e. The summed E-state index contributed by atoms with van der Waals surface area (Å²) in [7, 11) is 0. The third-order valence-electron chi connectivity index (χ3n) is 4.09. The summed E-state index contributed by atoms with van der Waals surface area (Å²) in [6.07, 6.45) is 0. The highest BCUT2D eigenvalue weighted by atomic mass is 32.1. The van der Waals surface area contributed by atoms with Crippen LogP contribution in [0.2, 0.25) is 0 Å². The van der Waals surface area contributed by atoms with Gasteiger partial charge in [0.15, 0.2) is 5.13 Å². The molecule has 0 spiro atoms. The Labute approximate surface area is 159 Å². The molecule has 0 saturated heterocycles. The van der Waals surface area contributed by atoms with E-state index in [1.807, 2.05) is 68.4 Å². The summed E-state index contributed by atoms with van der Waals surface area (Å²) in [5, 5.41) is 1.60. The fourth-order valence-electron chi connectivity index (χ4n) is 2.76. The largest absolute Gasteiger partial charge is 0.283 e. The van der Waals surface area contributed by atoms with Gasteiger partial charge in [0, 0.05) is 12.1 Å². The minimum atomic E-state index is -0.0382. The van der Waals surface area contributed by atoms with E-state index in [1.54, 1.807) is 16.2 Å². The van der Waals surface area contributed by atoms with Gasteiger partial charge in [-0.1, -0.05) is 53.8 Å². The second-order valence-corrected chi connectivity index (χ2v) is 7.82. The van der Waals surface area contributed by atoms with Crippen molar-refractivity contribution in [2.24, 2.45) is 0 Å². The average Bonchev–Trinajstić information content (AvgIpc) is 3.26. The topological polar surface area (TPSA) is 46.1 Å². The van der Waals surface area contributed by atoms with Crippen molar-refractivity contribution in [1.82, 2.24) is 9.97 Å². The first kappa shape index (κ1) is 16.9. The lowest BCUT2D eigenvalue weighted by Gasteiger charge is -2.16. The van der Waals surface area contributed by atoms with E-state index >= 15 is 0 Å². The molecule has 0 unspecified atom stereocenters. The van der Waals surface area contributed by atoms with Gasteiger partial charge in [-0.15, -0.1) is 11.3 Å². The molecular formula is C20H17N3OS2. The van der Waals surface area contributed by atoms with Gasteiger partial charge < -0.3 is 0 Å². The summed E-state index contributed by atoms with van der Waals surface area (Å²) in [5.74, 6) is -0.0382. The van der Waals surface area contributed by atoms with Gasteiger partial charge in [-0.3, -0.25) is 9.69 Å². The lowest BCUT2D eigenvalue weighted by molar-refractivity contribution is 0.0991. The maximum absolute atomic E-state index is 13.2. The third-order valence-corrected chi connectivity index (χ3v) is 6.34. The Kier molecular flexibility index (Phi) is 4.53. The molecule has 4 rings (SSSR count). The van der Waals surface area contributed by atoms with Crippen LogP contribution in [0.4, 0.5) is 5.13 Å². The fraction of sp³-hybridized carbons (Fsp3) is 0.150. The predicted octanol–water partition coefficient (Wildman–Crippen LogP) is 5.39. The number of amides is 1. The molecule has 0 aliphatic heterocycles. The molecule has 0 saturated carbocycles. The summed E-state index contributed by atoms with van der Waals surface area (Å²) in [6, 6.07) is 17.9. The zero-order chi connectivity index (χ0) is 18.1. The molecule has 0 N–H and O–H groups in total. The van der Waals surface area contributed by atoms with Gasteiger partial charge in [-0.2, -0.15) is 0 Å². The highest BCUT2D eigenvalue weighted by Crippen LogP contribution is 2.32. The molecule has 0 atom stereocenters. The van der Waals surface area contributed by atoms with Crippen molar-refractivity contribution >= 4 is 43.9 Å². The van der Waals surface area contributed by atoms with Crippen LogP contribution < -0.4 is 4.90 Å². The van der Waals surface area contributed by atoms with E-state index in [1.165, 1.54) is 11.3 Å². The number of para-hydroxylation sites is 1. The summed E-state index contributed by atoms with van der Waals surface area (Å²) >= 11 is 2.98. The number of fused-ring (bicyclic) bond motifs is 1. The van der Waals surface area contributed by atoms with E-state index in [9.17, 15) is 4.79 Å². The first-order valence-electron chi connectivity index (χ1n) is 8.37. The molecule has 26 heavy (non-hydrogen) atoms. The van der Waals surface area contributed by atoms with E-state index < -0.39 is 0 Å². The molecule has 0 aliphatic carbocycles. The standard InChI is InChI=1S/C20H17N3OS2/c1-3-23(20-22-15-11-7-8-12-16(15)25-20)19(24)17-13(2)21-18(26-17)14-9-5-4-6-10-14/h4-12H,3H2,1-2H3. The number of anilines is 1. The van der Waals surface area contributed by atoms with Gasteiger partial charge >= 0.3 is 0 Å². The van der Waals surface area contributed by atoms with Crippen molar-refractivity contribution in [2.45, 2.75) is 13.8 Å². The summed E-state index contributed by atoms with van der Waals surface area (Å²) in [6.45, 7) is 4.43. The number of benzene rings is 2. The first-order valence-corrected chi connectivity index (χ1v) is 10.0. The number of thiazole rings is 2. The maximum atomic E-state index is 13.2. The second kappa shape index (κ2) is 6.97. The van der Waals surface area contributed by atoms with Crippen LogP contribution in [0.1, 0.15) is 22.3 Å². The van der Waals surface area contributed by atoms with Crippen LogP contribution in [-0.4, -0.2) is 22.4 Å². The van der Waals surface area contributed by atoms with E-state index in [-0.39, 0.29) is 5.91 Å². The number of carbonyl (C=O) groups is 1. The number of carbonyl (C=O) groups excluding carboxylic acids is 1. The third kappa shape index (κ3) is 3.02. The molecule has 130 valence electrons. The van der Waals surface area contributed by atoms with Crippen LogP contribution in [0.3, 0.4) is 0 Å². The molecule has 0 fully saturated rings. The summed E-state index contributed by atoms with van der Waals surface area (Å²) in [5.41, 5.74) is 2.71. The minimum Gasteiger partial charge on any atom is -0.283 e. The van der Waals surface area contributed by atoms with Crippen molar-refractivity contribution in [1.29, 1.82) is 0 Å². The maximum Gasteiger partial charge on any atom is 0.272 e. The van der Waals surface area contributed by atoms with Crippen LogP contribution in [0.25, 0.3) is 20.8 Å². The number of hydrogen-bond acceptors (Lipinski definition) is 5. The van der Waals surface area contributed by atoms with Gasteiger partial charge in [0.1, 0.15) is 9.88 Å². The molecule has 2 aromatic carbocycles. The highest BCUT2D eigenvalue weighted by molar-refractivity contribution is 7.22. The number of aromatic nitrogens is 2. The van der Waals surface area contributed by atoms with Crippen LogP contribution in [-0.2, 0) is 0 Å². The van der Waals surface area contributed by atoms with Crippen LogP contribution in [0.15, 0.2) is 54.6 Å². The molecule has 6 heteroatoms. The van der Waals surface area contributed by atoms with Crippen molar-refractivity contribution in [2.75, 3.05) is 11.4 Å². The second-order valence-electron chi connectivity index (χ2n) is 5.81. The van der Waals surface area contributed by atoms with Crippen LogP contribution in [0.5, 0.6) is 0 Å². The Morgan fingerprint density at radius 2 is 1.73 bits per heavy atom. The lowest BCUT2D eigenvalue weighted by Crippen LogP contribution is -2.30. The van der Waals surface area contributed by atoms with Gasteiger partial charge in [0.2, 0.25) is 0 Å². The van der Waals surface area contributed by atoms with Crippen LogP contribution in [0, 0.1) is 6.92 Å². The highest BCUT2D eigenvalue weighted by Gasteiger charge is 2.24. The Morgan fingerprint density at radius 1 is 1.00 bits per heavy atom. The molecule has 4 aromatic rings. The lowest BCUT2D eigenvalue weighted by atomic mass is 10.2. The molecule has 2 heterocycles.